The zero-order valence-corrected chi connectivity index (χ0v) is 17.3. The summed E-state index contributed by atoms with van der Waals surface area (Å²) >= 11 is 0. The van der Waals surface area contributed by atoms with E-state index in [-0.39, 0.29) is 23.2 Å². The van der Waals surface area contributed by atoms with E-state index in [0.29, 0.717) is 18.7 Å². The molecule has 1 saturated heterocycles. The number of nitrogens with one attached hydrogen (secondary N) is 1. The van der Waals surface area contributed by atoms with Crippen LogP contribution >= 0.6 is 0 Å². The van der Waals surface area contributed by atoms with Gasteiger partial charge in [-0.25, -0.2) is 0 Å². The number of carbonyl (C=O) groups excluding carboxylic acids is 4. The summed E-state index contributed by atoms with van der Waals surface area (Å²) in [5.41, 5.74) is 6.42. The molecule has 1 aromatic heterocycles. The van der Waals surface area contributed by atoms with Crippen LogP contribution in [0.1, 0.15) is 48.7 Å². The molecular weight excluding hydrogens is 400 g/mol. The number of pyridine rings is 1. The van der Waals surface area contributed by atoms with E-state index in [9.17, 15) is 19.2 Å². The van der Waals surface area contributed by atoms with Gasteiger partial charge in [0.25, 0.3) is 0 Å². The minimum Gasteiger partial charge on any atom is -0.427 e. The van der Waals surface area contributed by atoms with Crippen LogP contribution in [0.15, 0.2) is 42.7 Å². The number of hydrogen-bond donors (Lipinski definition) is 2. The van der Waals surface area contributed by atoms with E-state index >= 15 is 0 Å². The van der Waals surface area contributed by atoms with E-state index in [1.54, 1.807) is 29.2 Å². The molecule has 1 aromatic carbocycles. The van der Waals surface area contributed by atoms with Crippen LogP contribution in [0.5, 0.6) is 5.75 Å². The van der Waals surface area contributed by atoms with Crippen LogP contribution in [0.3, 0.4) is 0 Å². The van der Waals surface area contributed by atoms with E-state index in [2.05, 4.69) is 10.3 Å². The second kappa shape index (κ2) is 9.38. The maximum absolute atomic E-state index is 13.0. The van der Waals surface area contributed by atoms with Gasteiger partial charge >= 0.3 is 17.8 Å². The lowest BCUT2D eigenvalue weighted by Crippen LogP contribution is -2.46. The van der Waals surface area contributed by atoms with Crippen LogP contribution in [0.25, 0.3) is 0 Å². The highest BCUT2D eigenvalue weighted by atomic mass is 16.5. The fourth-order valence-corrected chi connectivity index (χ4v) is 3.61. The molecular formula is C22H24N4O5. The number of rotatable bonds is 4. The number of primary amides is 1. The molecule has 1 aliphatic rings. The number of nitrogens with zero attached hydrogens (tertiary/aromatic N) is 2. The predicted molar refractivity (Wildman–Crippen MR) is 112 cm³/mol. The highest BCUT2D eigenvalue weighted by Gasteiger charge is 2.34. The molecule has 9 nitrogen and oxygen atoms in total. The molecule has 0 spiro atoms. The highest BCUT2D eigenvalue weighted by Crippen LogP contribution is 2.34. The summed E-state index contributed by atoms with van der Waals surface area (Å²) in [7, 11) is 0. The van der Waals surface area contributed by atoms with Crippen molar-refractivity contribution in [1.29, 1.82) is 0 Å². The molecule has 0 radical (unpaired) electrons. The Balaban J connectivity index is 1.77. The Hall–Kier alpha value is -3.75. The van der Waals surface area contributed by atoms with Gasteiger partial charge in [-0.1, -0.05) is 19.1 Å². The number of ether oxygens (including phenoxy) is 1. The molecule has 162 valence electrons. The van der Waals surface area contributed by atoms with Crippen LogP contribution in [0.2, 0.25) is 0 Å². The van der Waals surface area contributed by atoms with Gasteiger partial charge in [0.15, 0.2) is 0 Å². The van der Waals surface area contributed by atoms with E-state index < -0.39 is 23.7 Å². The lowest BCUT2D eigenvalue weighted by molar-refractivity contribution is -0.146. The summed E-state index contributed by atoms with van der Waals surface area (Å²) in [6, 6.07) is 7.99. The maximum atomic E-state index is 13.0. The summed E-state index contributed by atoms with van der Waals surface area (Å²) in [6.45, 7) is 3.78. The number of esters is 1. The van der Waals surface area contributed by atoms with Gasteiger partial charge in [0, 0.05) is 19.7 Å². The molecule has 2 aromatic rings. The van der Waals surface area contributed by atoms with Crippen molar-refractivity contribution in [3.05, 3.63) is 53.9 Å². The third kappa shape index (κ3) is 5.44. The number of hydrogen-bond acceptors (Lipinski definition) is 6. The molecule has 3 amide bonds. The van der Waals surface area contributed by atoms with Crippen molar-refractivity contribution in [3.63, 3.8) is 0 Å². The van der Waals surface area contributed by atoms with Crippen molar-refractivity contribution < 1.29 is 23.9 Å². The summed E-state index contributed by atoms with van der Waals surface area (Å²) in [5.74, 6) is -1.94. The molecule has 0 saturated carbocycles. The molecule has 9 heteroatoms. The zero-order valence-electron chi connectivity index (χ0n) is 17.3. The molecule has 1 fully saturated rings. The normalized spacial score (nSPS) is 18.2. The van der Waals surface area contributed by atoms with Gasteiger partial charge in [-0.2, -0.15) is 0 Å². The monoisotopic (exact) mass is 424 g/mol. The Morgan fingerprint density at radius 1 is 1.13 bits per heavy atom. The van der Waals surface area contributed by atoms with Crippen LogP contribution < -0.4 is 15.8 Å². The standard InChI is InChI=1S/C22H24N4O5/c1-13-3-8-19(15-4-6-18(7-5-15)31-14(2)27)26(12-13)22(30)21(29)25-17-9-16(20(23)28)10-24-11-17/h4-7,9-11,13,19H,3,8,12H2,1-2H3,(H2,23,28)(H,25,29)/t13-,19+/m1/s1. The van der Waals surface area contributed by atoms with Gasteiger partial charge in [0.1, 0.15) is 5.75 Å². The number of nitrogens with two attached hydrogens (primary N) is 1. The summed E-state index contributed by atoms with van der Waals surface area (Å²) in [5, 5.41) is 2.49. The minimum absolute atomic E-state index is 0.127. The lowest BCUT2D eigenvalue weighted by atomic mass is 9.89. The number of aromatic nitrogens is 1. The fourth-order valence-electron chi connectivity index (χ4n) is 3.61. The first-order chi connectivity index (χ1) is 14.7. The number of carbonyl (C=O) groups is 4. The average molecular weight is 424 g/mol. The Morgan fingerprint density at radius 3 is 2.48 bits per heavy atom. The molecule has 0 bridgehead atoms. The Morgan fingerprint density at radius 2 is 1.84 bits per heavy atom. The van der Waals surface area contributed by atoms with Crippen LogP contribution in [-0.4, -0.2) is 40.1 Å². The van der Waals surface area contributed by atoms with E-state index in [0.717, 1.165) is 12.0 Å². The number of piperidine rings is 1. The fraction of sp³-hybridized carbons (Fsp3) is 0.318. The van der Waals surface area contributed by atoms with Gasteiger partial charge < -0.3 is 20.7 Å². The van der Waals surface area contributed by atoms with E-state index in [1.807, 2.05) is 6.92 Å². The maximum Gasteiger partial charge on any atom is 0.313 e. The molecule has 2 heterocycles. The summed E-state index contributed by atoms with van der Waals surface area (Å²) in [6.07, 6.45) is 4.22. The van der Waals surface area contributed by atoms with Crippen molar-refractivity contribution in [1.82, 2.24) is 9.88 Å². The number of benzene rings is 1. The third-order valence-electron chi connectivity index (χ3n) is 5.08. The average Bonchev–Trinajstić information content (AvgIpc) is 2.73. The first-order valence-electron chi connectivity index (χ1n) is 9.89. The van der Waals surface area contributed by atoms with Gasteiger partial charge in [0.05, 0.1) is 23.5 Å². The topological polar surface area (TPSA) is 132 Å². The second-order valence-corrected chi connectivity index (χ2v) is 7.60. The van der Waals surface area contributed by atoms with Gasteiger partial charge in [-0.15, -0.1) is 0 Å². The van der Waals surface area contributed by atoms with Gasteiger partial charge in [-0.3, -0.25) is 24.2 Å². The van der Waals surface area contributed by atoms with Gasteiger partial charge in [-0.05, 0) is 42.5 Å². The smallest absolute Gasteiger partial charge is 0.313 e. The quantitative estimate of drug-likeness (QED) is 0.439. The Bertz CT molecular complexity index is 1010. The number of amides is 3. The minimum atomic E-state index is -0.820. The first-order valence-corrected chi connectivity index (χ1v) is 9.89. The second-order valence-electron chi connectivity index (χ2n) is 7.60. The van der Waals surface area contributed by atoms with Crippen molar-refractivity contribution in [3.8, 4) is 5.75 Å². The highest BCUT2D eigenvalue weighted by molar-refractivity contribution is 6.39. The van der Waals surface area contributed by atoms with Crippen molar-refractivity contribution in [2.45, 2.75) is 32.7 Å². The molecule has 2 atom stereocenters. The molecule has 3 rings (SSSR count). The zero-order chi connectivity index (χ0) is 22.5. The van der Waals surface area contributed by atoms with Crippen molar-refractivity contribution >= 4 is 29.4 Å². The van der Waals surface area contributed by atoms with Gasteiger partial charge in [0.2, 0.25) is 5.91 Å². The summed E-state index contributed by atoms with van der Waals surface area (Å²) < 4.78 is 5.06. The number of likely N-dealkylation sites (tertiary alicyclic amines) is 1. The Kier molecular flexibility index (Phi) is 6.64. The number of anilines is 1. The predicted octanol–water partition coefficient (Wildman–Crippen LogP) is 2.04. The van der Waals surface area contributed by atoms with Crippen LogP contribution in [0, 0.1) is 5.92 Å². The molecule has 31 heavy (non-hydrogen) atoms. The van der Waals surface area contributed by atoms with Crippen molar-refractivity contribution in [2.75, 3.05) is 11.9 Å². The molecule has 1 aliphatic heterocycles. The van der Waals surface area contributed by atoms with E-state index in [4.69, 9.17) is 10.5 Å². The largest absolute Gasteiger partial charge is 0.427 e. The van der Waals surface area contributed by atoms with Crippen LogP contribution in [0.4, 0.5) is 5.69 Å². The molecule has 0 unspecified atom stereocenters. The molecule has 0 aliphatic carbocycles. The third-order valence-corrected chi connectivity index (χ3v) is 5.08. The van der Waals surface area contributed by atoms with Crippen molar-refractivity contribution in [2.24, 2.45) is 11.7 Å². The molecule has 3 N–H and O–H groups in total. The summed E-state index contributed by atoms with van der Waals surface area (Å²) in [4.78, 5) is 53.5. The SMILES string of the molecule is CC(=O)Oc1ccc([C@@H]2CC[C@@H](C)CN2C(=O)C(=O)Nc2cncc(C(N)=O)c2)cc1. The van der Waals surface area contributed by atoms with Crippen LogP contribution in [-0.2, 0) is 14.4 Å². The van der Waals surface area contributed by atoms with E-state index in [1.165, 1.54) is 25.4 Å². The first kappa shape index (κ1) is 21.9. The Labute approximate surface area is 179 Å². The lowest BCUT2D eigenvalue weighted by Gasteiger charge is -2.38.